The Kier molecular flexibility index (Phi) is 0.952. The van der Waals surface area contributed by atoms with Crippen molar-refractivity contribution < 1.29 is 0 Å². The molecule has 32 valence electrons. The Morgan fingerprint density at radius 2 is 2.50 bits per heavy atom. The van der Waals surface area contributed by atoms with Crippen LogP contribution in [0.4, 0.5) is 0 Å². The molecule has 0 spiro atoms. The largest absolute Gasteiger partial charge is 0.0877 e. The van der Waals surface area contributed by atoms with Crippen molar-refractivity contribution in [3.05, 3.63) is 19.1 Å². The van der Waals surface area contributed by atoms with Gasteiger partial charge in [0.1, 0.15) is 0 Å². The van der Waals surface area contributed by atoms with Crippen molar-refractivity contribution in [2.75, 3.05) is 0 Å². The maximum absolute atomic E-state index is 5.28. The van der Waals surface area contributed by atoms with Crippen LogP contribution < -0.4 is 0 Å². The van der Waals surface area contributed by atoms with Gasteiger partial charge in [0.2, 0.25) is 0 Å². The second-order valence-electron chi connectivity index (χ2n) is 1.66. The first-order chi connectivity index (χ1) is 2.93. The molecule has 2 radical (unpaired) electrons. The maximum Gasteiger partial charge on any atom is -0.0196 e. The molecule has 0 heterocycles. The lowest BCUT2D eigenvalue weighted by atomic mass is 9.93. The summed E-state index contributed by atoms with van der Waals surface area (Å²) in [6, 6.07) is 0. The molecule has 0 aromatic carbocycles. The molecule has 0 aromatic rings. The zero-order valence-electron chi connectivity index (χ0n) is 3.72. The molecule has 1 unspecified atom stereocenters. The Labute approximate surface area is 38.9 Å². The lowest BCUT2D eigenvalue weighted by molar-refractivity contribution is 0.619. The fraction of sp³-hybridized carbons (Fsp3) is 0.500. The van der Waals surface area contributed by atoms with Gasteiger partial charge in [-0.3, -0.25) is 0 Å². The normalized spacial score (nSPS) is 29.8. The summed E-state index contributed by atoms with van der Waals surface area (Å²) in [7, 11) is 0. The van der Waals surface area contributed by atoms with Crippen molar-refractivity contribution in [1.82, 2.24) is 0 Å². The first kappa shape index (κ1) is 3.91. The van der Waals surface area contributed by atoms with Crippen LogP contribution in [0.15, 0.2) is 12.2 Å². The highest BCUT2D eigenvalue weighted by Gasteiger charge is 2.04. The predicted octanol–water partition coefficient (Wildman–Crippen LogP) is 1.66. The number of hydrogen-bond acceptors (Lipinski definition) is 0. The highest BCUT2D eigenvalue weighted by atomic mass is 14.1. The molecule has 0 nitrogen and oxygen atoms in total. The summed E-state index contributed by atoms with van der Waals surface area (Å²) in [5, 5.41) is 0. The number of allylic oxidation sites excluding steroid dienone is 2. The zero-order valence-corrected chi connectivity index (χ0v) is 3.72. The lowest BCUT2D eigenvalue weighted by Crippen LogP contribution is -1.99. The van der Waals surface area contributed by atoms with Crippen LogP contribution in [0.25, 0.3) is 0 Å². The van der Waals surface area contributed by atoms with Gasteiger partial charge in [-0.25, -0.2) is 0 Å². The van der Waals surface area contributed by atoms with Gasteiger partial charge < -0.3 is 0 Å². The molecule has 0 aliphatic heterocycles. The van der Waals surface area contributed by atoms with E-state index >= 15 is 0 Å². The summed E-state index contributed by atoms with van der Waals surface area (Å²) in [4.78, 5) is 0. The SMILES string of the molecule is [CH]CC1C=CC1. The molecule has 1 rings (SSSR count). The van der Waals surface area contributed by atoms with Crippen molar-refractivity contribution in [1.29, 1.82) is 0 Å². The maximum atomic E-state index is 5.28. The van der Waals surface area contributed by atoms with E-state index in [2.05, 4.69) is 12.2 Å². The van der Waals surface area contributed by atoms with Crippen LogP contribution in [0.2, 0.25) is 0 Å². The Morgan fingerprint density at radius 1 is 1.83 bits per heavy atom. The van der Waals surface area contributed by atoms with Gasteiger partial charge in [-0.2, -0.15) is 0 Å². The Balaban J connectivity index is 2.21. The highest BCUT2D eigenvalue weighted by Crippen LogP contribution is 2.18. The molecule has 0 fully saturated rings. The molecule has 0 aromatic heterocycles. The van der Waals surface area contributed by atoms with Gasteiger partial charge in [0.15, 0.2) is 0 Å². The van der Waals surface area contributed by atoms with E-state index in [0.717, 1.165) is 6.42 Å². The van der Waals surface area contributed by atoms with Gasteiger partial charge in [-0.1, -0.05) is 12.2 Å². The zero-order chi connectivity index (χ0) is 4.41. The highest BCUT2D eigenvalue weighted by molar-refractivity contribution is 5.01. The van der Waals surface area contributed by atoms with Crippen LogP contribution >= 0.6 is 0 Å². The number of hydrogen-bond donors (Lipinski definition) is 0. The fourth-order valence-electron chi connectivity index (χ4n) is 0.503. The summed E-state index contributed by atoms with van der Waals surface area (Å²) in [5.74, 6) is 0.713. The molecule has 0 saturated heterocycles. The van der Waals surface area contributed by atoms with E-state index in [1.54, 1.807) is 0 Å². The van der Waals surface area contributed by atoms with Crippen LogP contribution in [-0.2, 0) is 0 Å². The van der Waals surface area contributed by atoms with Crippen molar-refractivity contribution >= 4 is 0 Å². The Morgan fingerprint density at radius 3 is 2.50 bits per heavy atom. The van der Waals surface area contributed by atoms with Crippen molar-refractivity contribution in [3.8, 4) is 0 Å². The van der Waals surface area contributed by atoms with E-state index in [0.29, 0.717) is 5.92 Å². The summed E-state index contributed by atoms with van der Waals surface area (Å²) in [6.45, 7) is 5.28. The van der Waals surface area contributed by atoms with Crippen LogP contribution in [0.1, 0.15) is 12.8 Å². The topological polar surface area (TPSA) is 0 Å². The molecule has 1 atom stereocenters. The second kappa shape index (κ2) is 1.46. The molecule has 1 aliphatic rings. The molecule has 0 amide bonds. The van der Waals surface area contributed by atoms with Crippen LogP contribution in [0.3, 0.4) is 0 Å². The van der Waals surface area contributed by atoms with E-state index in [1.165, 1.54) is 6.42 Å². The molecular weight excluding hydrogens is 72.1 g/mol. The summed E-state index contributed by atoms with van der Waals surface area (Å²) >= 11 is 0. The Hall–Kier alpha value is -0.260. The summed E-state index contributed by atoms with van der Waals surface area (Å²) in [6.07, 6.45) is 6.34. The van der Waals surface area contributed by atoms with Gasteiger partial charge >= 0.3 is 0 Å². The standard InChI is InChI=1S/C6H8/c1-2-6-4-3-5-6/h1,3-4,6H,2,5H2. The van der Waals surface area contributed by atoms with Gasteiger partial charge in [0.05, 0.1) is 0 Å². The Bertz CT molecular complexity index is 62.4. The third-order valence-corrected chi connectivity index (χ3v) is 1.15. The van der Waals surface area contributed by atoms with Crippen molar-refractivity contribution in [2.45, 2.75) is 12.8 Å². The van der Waals surface area contributed by atoms with E-state index in [9.17, 15) is 0 Å². The second-order valence-corrected chi connectivity index (χ2v) is 1.66. The van der Waals surface area contributed by atoms with Gasteiger partial charge in [-0.05, 0) is 25.7 Å². The van der Waals surface area contributed by atoms with Gasteiger partial charge in [-0.15, -0.1) is 0 Å². The third-order valence-electron chi connectivity index (χ3n) is 1.15. The first-order valence-corrected chi connectivity index (χ1v) is 2.30. The minimum atomic E-state index is 0.713. The molecule has 6 heavy (non-hydrogen) atoms. The lowest BCUT2D eigenvalue weighted by Gasteiger charge is -2.12. The fourth-order valence-corrected chi connectivity index (χ4v) is 0.503. The van der Waals surface area contributed by atoms with E-state index in [1.807, 2.05) is 0 Å². The van der Waals surface area contributed by atoms with Crippen molar-refractivity contribution in [3.63, 3.8) is 0 Å². The summed E-state index contributed by atoms with van der Waals surface area (Å²) < 4.78 is 0. The molecule has 0 bridgehead atoms. The minimum Gasteiger partial charge on any atom is -0.0877 e. The molecule has 0 N–H and O–H groups in total. The van der Waals surface area contributed by atoms with Crippen LogP contribution in [-0.4, -0.2) is 0 Å². The molecule has 0 saturated carbocycles. The monoisotopic (exact) mass is 80.1 g/mol. The molecule has 1 aliphatic carbocycles. The average Bonchev–Trinajstić information content (AvgIpc) is 1.31. The minimum absolute atomic E-state index is 0.713. The van der Waals surface area contributed by atoms with Crippen LogP contribution in [0.5, 0.6) is 0 Å². The van der Waals surface area contributed by atoms with Gasteiger partial charge in [0, 0.05) is 0 Å². The van der Waals surface area contributed by atoms with E-state index in [4.69, 9.17) is 6.92 Å². The van der Waals surface area contributed by atoms with E-state index < -0.39 is 0 Å². The third kappa shape index (κ3) is 0.469. The quantitative estimate of drug-likeness (QED) is 0.420. The first-order valence-electron chi connectivity index (χ1n) is 2.30. The predicted molar refractivity (Wildman–Crippen MR) is 26.2 cm³/mol. The average molecular weight is 80.1 g/mol. The molecule has 0 heteroatoms. The van der Waals surface area contributed by atoms with Crippen LogP contribution in [0, 0.1) is 12.8 Å². The smallest absolute Gasteiger partial charge is 0.0196 e. The number of rotatable bonds is 1. The van der Waals surface area contributed by atoms with Crippen molar-refractivity contribution in [2.24, 2.45) is 5.92 Å². The van der Waals surface area contributed by atoms with Gasteiger partial charge in [0.25, 0.3) is 0 Å². The molecular formula is C6H8. The summed E-state index contributed by atoms with van der Waals surface area (Å²) in [5.41, 5.74) is 0. The van der Waals surface area contributed by atoms with E-state index in [-0.39, 0.29) is 0 Å².